The molecule has 1 N–H and O–H groups in total. The van der Waals surface area contributed by atoms with Crippen LogP contribution in [-0.4, -0.2) is 72.5 Å². The highest BCUT2D eigenvalue weighted by atomic mass is 127. The first-order valence-corrected chi connectivity index (χ1v) is 11.0. The van der Waals surface area contributed by atoms with Gasteiger partial charge in [-0.25, -0.2) is 0 Å². The number of ether oxygens (including phenoxy) is 1. The summed E-state index contributed by atoms with van der Waals surface area (Å²) < 4.78 is 7.36. The minimum atomic E-state index is 0. The van der Waals surface area contributed by atoms with E-state index in [0.29, 0.717) is 13.1 Å². The number of carbonyl (C=O) groups is 1. The lowest BCUT2D eigenvalue weighted by atomic mass is 9.83. The fourth-order valence-corrected chi connectivity index (χ4v) is 4.39. The molecule has 1 amide bonds. The lowest BCUT2D eigenvalue weighted by Gasteiger charge is -2.36. The number of halogens is 1. The molecule has 1 saturated heterocycles. The number of amides is 1. The molecule has 1 aromatic rings. The SMILES string of the molecule is CCNC(=NCC1(CCOCC)CCCC1)N1CCN(c2cnn(C)c2)C(=O)C1.I. The van der Waals surface area contributed by atoms with Crippen molar-refractivity contribution in [1.29, 1.82) is 0 Å². The topological polar surface area (TPSA) is 75.0 Å². The lowest BCUT2D eigenvalue weighted by Crippen LogP contribution is -2.55. The van der Waals surface area contributed by atoms with E-state index in [0.717, 1.165) is 50.9 Å². The van der Waals surface area contributed by atoms with Crippen molar-refractivity contribution in [2.24, 2.45) is 17.5 Å². The number of hydrogen-bond acceptors (Lipinski definition) is 4. The summed E-state index contributed by atoms with van der Waals surface area (Å²) in [5.41, 5.74) is 1.11. The molecular formula is C21H37IN6O2. The van der Waals surface area contributed by atoms with Crippen molar-refractivity contribution >= 4 is 41.5 Å². The van der Waals surface area contributed by atoms with E-state index in [1.807, 2.05) is 25.1 Å². The molecule has 1 aliphatic carbocycles. The second-order valence-electron chi connectivity index (χ2n) is 8.16. The quantitative estimate of drug-likeness (QED) is 0.241. The molecule has 0 spiro atoms. The maximum atomic E-state index is 12.8. The second-order valence-corrected chi connectivity index (χ2v) is 8.16. The molecule has 2 aliphatic rings. The van der Waals surface area contributed by atoms with Crippen molar-refractivity contribution in [2.45, 2.75) is 46.0 Å². The van der Waals surface area contributed by atoms with Crippen molar-refractivity contribution in [3.63, 3.8) is 0 Å². The summed E-state index contributed by atoms with van der Waals surface area (Å²) in [7, 11) is 1.87. The van der Waals surface area contributed by atoms with Crippen LogP contribution in [0.25, 0.3) is 0 Å². The summed E-state index contributed by atoms with van der Waals surface area (Å²) in [5.74, 6) is 0.941. The number of carbonyl (C=O) groups excluding carboxylic acids is 1. The van der Waals surface area contributed by atoms with Gasteiger partial charge in [0.2, 0.25) is 5.91 Å². The van der Waals surface area contributed by atoms with Crippen molar-refractivity contribution in [3.05, 3.63) is 12.4 Å². The Morgan fingerprint density at radius 2 is 2.07 bits per heavy atom. The molecule has 170 valence electrons. The van der Waals surface area contributed by atoms with Crippen LogP contribution in [-0.2, 0) is 16.6 Å². The van der Waals surface area contributed by atoms with Gasteiger partial charge < -0.3 is 19.9 Å². The van der Waals surface area contributed by atoms with E-state index in [1.54, 1.807) is 10.9 Å². The van der Waals surface area contributed by atoms with Gasteiger partial charge in [-0.05, 0) is 38.5 Å². The molecule has 3 rings (SSSR count). The zero-order valence-corrected chi connectivity index (χ0v) is 20.9. The second kappa shape index (κ2) is 11.9. The Kier molecular flexibility index (Phi) is 9.86. The van der Waals surface area contributed by atoms with Crippen molar-refractivity contribution in [3.8, 4) is 0 Å². The van der Waals surface area contributed by atoms with Crippen molar-refractivity contribution < 1.29 is 9.53 Å². The van der Waals surface area contributed by atoms with Crippen LogP contribution < -0.4 is 10.2 Å². The number of nitrogens with zero attached hydrogens (tertiary/aromatic N) is 5. The van der Waals surface area contributed by atoms with Gasteiger partial charge >= 0.3 is 0 Å². The van der Waals surface area contributed by atoms with Crippen LogP contribution in [0.5, 0.6) is 0 Å². The number of piperazine rings is 1. The van der Waals surface area contributed by atoms with Crippen LogP contribution in [0.4, 0.5) is 5.69 Å². The molecule has 0 aromatic carbocycles. The van der Waals surface area contributed by atoms with Gasteiger partial charge in [-0.3, -0.25) is 14.5 Å². The molecular weight excluding hydrogens is 495 g/mol. The van der Waals surface area contributed by atoms with E-state index < -0.39 is 0 Å². The third-order valence-corrected chi connectivity index (χ3v) is 6.07. The molecule has 0 atom stereocenters. The molecule has 0 unspecified atom stereocenters. The third kappa shape index (κ3) is 6.32. The molecule has 2 fully saturated rings. The van der Waals surface area contributed by atoms with Crippen LogP contribution in [0.1, 0.15) is 46.0 Å². The van der Waals surface area contributed by atoms with Gasteiger partial charge in [0.25, 0.3) is 0 Å². The maximum Gasteiger partial charge on any atom is 0.246 e. The van der Waals surface area contributed by atoms with Crippen LogP contribution in [0.15, 0.2) is 17.4 Å². The summed E-state index contributed by atoms with van der Waals surface area (Å²) in [6.07, 6.45) is 9.69. The van der Waals surface area contributed by atoms with E-state index in [2.05, 4.69) is 22.2 Å². The average molecular weight is 532 g/mol. The highest BCUT2D eigenvalue weighted by Crippen LogP contribution is 2.41. The summed E-state index contributed by atoms with van der Waals surface area (Å²) in [4.78, 5) is 21.7. The number of aryl methyl sites for hydroxylation is 1. The average Bonchev–Trinajstić information content (AvgIpc) is 3.35. The number of aromatic nitrogens is 2. The van der Waals surface area contributed by atoms with Gasteiger partial charge in [0, 0.05) is 52.6 Å². The first-order chi connectivity index (χ1) is 14.1. The summed E-state index contributed by atoms with van der Waals surface area (Å²) in [5, 5.41) is 7.58. The zero-order valence-electron chi connectivity index (χ0n) is 18.6. The fourth-order valence-electron chi connectivity index (χ4n) is 4.39. The number of rotatable bonds is 8. The van der Waals surface area contributed by atoms with Crippen LogP contribution in [0.3, 0.4) is 0 Å². The minimum absolute atomic E-state index is 0. The van der Waals surface area contributed by atoms with Gasteiger partial charge in [0.05, 0.1) is 11.9 Å². The van der Waals surface area contributed by atoms with Crippen LogP contribution >= 0.6 is 24.0 Å². The number of aliphatic imine (C=N–C) groups is 1. The maximum absolute atomic E-state index is 12.8. The molecule has 0 bridgehead atoms. The molecule has 2 heterocycles. The van der Waals surface area contributed by atoms with Gasteiger partial charge in [-0.2, -0.15) is 5.10 Å². The highest BCUT2D eigenvalue weighted by Gasteiger charge is 2.34. The number of hydrogen-bond donors (Lipinski definition) is 1. The minimum Gasteiger partial charge on any atom is -0.382 e. The zero-order chi connectivity index (χ0) is 20.7. The van der Waals surface area contributed by atoms with Gasteiger partial charge in [0.1, 0.15) is 6.54 Å². The van der Waals surface area contributed by atoms with Crippen molar-refractivity contribution in [1.82, 2.24) is 20.0 Å². The monoisotopic (exact) mass is 532 g/mol. The van der Waals surface area contributed by atoms with Crippen LogP contribution in [0, 0.1) is 5.41 Å². The first kappa shape index (κ1) is 24.9. The Morgan fingerprint density at radius 3 is 2.67 bits per heavy atom. The standard InChI is InChI=1S/C21H36N6O2.HI/c1-4-22-20(23-17-21(8-6-7-9-21)10-13-29-5-2)26-11-12-27(19(28)16-26)18-14-24-25(3)15-18;/h14-15H,4-13,16-17H2,1-3H3,(H,22,23);1H. The molecule has 1 saturated carbocycles. The van der Waals surface area contributed by atoms with Gasteiger partial charge in [0.15, 0.2) is 5.96 Å². The predicted molar refractivity (Wildman–Crippen MR) is 131 cm³/mol. The van der Waals surface area contributed by atoms with E-state index in [4.69, 9.17) is 9.73 Å². The predicted octanol–water partition coefficient (Wildman–Crippen LogP) is 2.64. The van der Waals surface area contributed by atoms with E-state index >= 15 is 0 Å². The van der Waals surface area contributed by atoms with E-state index in [1.165, 1.54) is 25.7 Å². The molecule has 30 heavy (non-hydrogen) atoms. The summed E-state index contributed by atoms with van der Waals surface area (Å²) in [6, 6.07) is 0. The smallest absolute Gasteiger partial charge is 0.246 e. The molecule has 1 aromatic heterocycles. The molecule has 8 nitrogen and oxygen atoms in total. The lowest BCUT2D eigenvalue weighted by molar-refractivity contribution is -0.120. The van der Waals surface area contributed by atoms with Crippen molar-refractivity contribution in [2.75, 3.05) is 50.8 Å². The van der Waals surface area contributed by atoms with Gasteiger partial charge in [-0.1, -0.05) is 12.8 Å². The Balaban J connectivity index is 0.00000320. The summed E-state index contributed by atoms with van der Waals surface area (Å²) >= 11 is 0. The molecule has 0 radical (unpaired) electrons. The molecule has 1 aliphatic heterocycles. The Morgan fingerprint density at radius 1 is 1.30 bits per heavy atom. The molecule has 9 heteroatoms. The highest BCUT2D eigenvalue weighted by molar-refractivity contribution is 14.0. The number of nitrogens with one attached hydrogen (secondary N) is 1. The van der Waals surface area contributed by atoms with E-state index in [-0.39, 0.29) is 35.3 Å². The number of guanidine groups is 1. The fraction of sp³-hybridized carbons (Fsp3) is 0.762. The van der Waals surface area contributed by atoms with Gasteiger partial charge in [-0.15, -0.1) is 24.0 Å². The number of anilines is 1. The third-order valence-electron chi connectivity index (χ3n) is 6.07. The summed E-state index contributed by atoms with van der Waals surface area (Å²) in [6.45, 7) is 9.04. The normalized spacial score (nSPS) is 19.2. The van der Waals surface area contributed by atoms with E-state index in [9.17, 15) is 4.79 Å². The van der Waals surface area contributed by atoms with Crippen LogP contribution in [0.2, 0.25) is 0 Å². The Hall–Kier alpha value is -1.36. The Labute approximate surface area is 197 Å². The first-order valence-electron chi connectivity index (χ1n) is 11.0. The largest absolute Gasteiger partial charge is 0.382 e. The Bertz CT molecular complexity index is 701.